The van der Waals surface area contributed by atoms with Crippen LogP contribution in [-0.4, -0.2) is 17.8 Å². The Morgan fingerprint density at radius 1 is 1.14 bits per heavy atom. The first kappa shape index (κ1) is 15.9. The molecule has 0 saturated carbocycles. The summed E-state index contributed by atoms with van der Waals surface area (Å²) in [4.78, 5) is 5.70. The van der Waals surface area contributed by atoms with E-state index in [-0.39, 0.29) is 6.04 Å². The normalized spacial score (nSPS) is 12.1. The van der Waals surface area contributed by atoms with Crippen molar-refractivity contribution in [3.8, 4) is 11.5 Å². The summed E-state index contributed by atoms with van der Waals surface area (Å²) in [5, 5.41) is 3.42. The number of hydrogen-bond donors (Lipinski definition) is 1. The highest BCUT2D eigenvalue weighted by Gasteiger charge is 2.06. The Labute approximate surface area is 131 Å². The third kappa shape index (κ3) is 4.76. The van der Waals surface area contributed by atoms with E-state index in [2.05, 4.69) is 42.5 Å². The molecular weight excluding hydrogens is 280 g/mol. The second-order valence-corrected chi connectivity index (χ2v) is 5.75. The molecule has 1 aromatic carbocycles. The molecule has 112 valence electrons. The Morgan fingerprint density at radius 3 is 2.43 bits per heavy atom. The van der Waals surface area contributed by atoms with Crippen LogP contribution in [0.15, 0.2) is 47.5 Å². The number of pyridine rings is 1. The summed E-state index contributed by atoms with van der Waals surface area (Å²) in [6.45, 7) is 5.29. The Morgan fingerprint density at radius 2 is 1.86 bits per heavy atom. The molecule has 1 unspecified atom stereocenters. The van der Waals surface area contributed by atoms with Crippen LogP contribution in [0.1, 0.15) is 32.0 Å². The number of benzene rings is 1. The van der Waals surface area contributed by atoms with Crippen LogP contribution >= 0.6 is 11.8 Å². The summed E-state index contributed by atoms with van der Waals surface area (Å²) in [5.74, 6) is 1.60. The molecule has 0 radical (unpaired) electrons. The summed E-state index contributed by atoms with van der Waals surface area (Å²) in [6.07, 6.45) is 4.96. The maximum atomic E-state index is 5.80. The summed E-state index contributed by atoms with van der Waals surface area (Å²) >= 11 is 1.72. The van der Waals surface area contributed by atoms with E-state index in [1.54, 1.807) is 18.0 Å². The van der Waals surface area contributed by atoms with Crippen molar-refractivity contribution in [1.29, 1.82) is 0 Å². The van der Waals surface area contributed by atoms with Crippen molar-refractivity contribution in [3.05, 3.63) is 48.3 Å². The van der Waals surface area contributed by atoms with Crippen molar-refractivity contribution in [2.75, 3.05) is 12.8 Å². The van der Waals surface area contributed by atoms with Gasteiger partial charge in [-0.3, -0.25) is 4.98 Å². The van der Waals surface area contributed by atoms with Crippen molar-refractivity contribution in [2.45, 2.75) is 31.2 Å². The molecule has 1 atom stereocenters. The molecule has 2 aromatic rings. The number of nitrogens with zero attached hydrogens (tertiary/aromatic N) is 1. The highest BCUT2D eigenvalue weighted by molar-refractivity contribution is 7.98. The minimum absolute atomic E-state index is 0.264. The van der Waals surface area contributed by atoms with Crippen LogP contribution < -0.4 is 10.1 Å². The fourth-order valence-corrected chi connectivity index (χ4v) is 2.36. The molecule has 1 N–H and O–H groups in total. The number of thioether (sulfide) groups is 1. The Kier molecular flexibility index (Phi) is 6.08. The second kappa shape index (κ2) is 8.05. The summed E-state index contributed by atoms with van der Waals surface area (Å²) in [5.41, 5.74) is 1.04. The van der Waals surface area contributed by atoms with Crippen LogP contribution in [0.3, 0.4) is 0 Å². The van der Waals surface area contributed by atoms with Crippen molar-refractivity contribution in [3.63, 3.8) is 0 Å². The van der Waals surface area contributed by atoms with Gasteiger partial charge in [-0.05, 0) is 62.5 Å². The quantitative estimate of drug-likeness (QED) is 0.755. The first-order chi connectivity index (χ1) is 10.2. The number of aromatic nitrogens is 1. The van der Waals surface area contributed by atoms with Gasteiger partial charge in [0, 0.05) is 10.9 Å². The van der Waals surface area contributed by atoms with Crippen molar-refractivity contribution < 1.29 is 4.74 Å². The molecule has 1 aromatic heterocycles. The fraction of sp³-hybridized carbons (Fsp3) is 0.353. The van der Waals surface area contributed by atoms with E-state index >= 15 is 0 Å². The topological polar surface area (TPSA) is 34.1 Å². The number of rotatable bonds is 7. The molecule has 0 aliphatic rings. The van der Waals surface area contributed by atoms with Crippen LogP contribution in [0.25, 0.3) is 0 Å². The predicted octanol–water partition coefficient (Wildman–Crippen LogP) is 4.66. The molecule has 0 bridgehead atoms. The van der Waals surface area contributed by atoms with Crippen LogP contribution in [0.4, 0.5) is 0 Å². The van der Waals surface area contributed by atoms with Crippen LogP contribution in [0.5, 0.6) is 11.5 Å². The van der Waals surface area contributed by atoms with Gasteiger partial charge in [-0.15, -0.1) is 11.8 Å². The van der Waals surface area contributed by atoms with Gasteiger partial charge >= 0.3 is 0 Å². The smallest absolute Gasteiger partial charge is 0.145 e. The molecule has 4 heteroatoms. The zero-order chi connectivity index (χ0) is 15.1. The predicted molar refractivity (Wildman–Crippen MR) is 89.2 cm³/mol. The standard InChI is InChI=1S/C17H22N2OS/c1-4-11-18-13(2)17-10-7-15(12-19-17)20-14-5-8-16(21-3)9-6-14/h5-10,12-13,18H,4,11H2,1-3H3. The maximum absolute atomic E-state index is 5.80. The van der Waals surface area contributed by atoms with Crippen LogP contribution in [-0.2, 0) is 0 Å². The highest BCUT2D eigenvalue weighted by Crippen LogP contribution is 2.24. The van der Waals surface area contributed by atoms with E-state index < -0.39 is 0 Å². The first-order valence-electron chi connectivity index (χ1n) is 7.24. The van der Waals surface area contributed by atoms with E-state index in [1.165, 1.54) is 4.90 Å². The number of nitrogens with one attached hydrogen (secondary N) is 1. The largest absolute Gasteiger partial charge is 0.456 e. The molecule has 0 fully saturated rings. The van der Waals surface area contributed by atoms with E-state index in [0.29, 0.717) is 0 Å². The van der Waals surface area contributed by atoms with Crippen molar-refractivity contribution >= 4 is 11.8 Å². The lowest BCUT2D eigenvalue weighted by atomic mass is 10.2. The van der Waals surface area contributed by atoms with Gasteiger partial charge in [0.2, 0.25) is 0 Å². The molecular formula is C17H22N2OS. The van der Waals surface area contributed by atoms with Gasteiger partial charge in [-0.1, -0.05) is 6.92 Å². The monoisotopic (exact) mass is 302 g/mol. The minimum Gasteiger partial charge on any atom is -0.456 e. The highest BCUT2D eigenvalue weighted by atomic mass is 32.2. The Hall–Kier alpha value is -1.52. The van der Waals surface area contributed by atoms with Gasteiger partial charge in [-0.25, -0.2) is 0 Å². The molecule has 0 saturated heterocycles. The van der Waals surface area contributed by atoms with Crippen molar-refractivity contribution in [2.24, 2.45) is 0 Å². The maximum Gasteiger partial charge on any atom is 0.145 e. The molecule has 3 nitrogen and oxygen atoms in total. The minimum atomic E-state index is 0.264. The molecule has 2 rings (SSSR count). The first-order valence-corrected chi connectivity index (χ1v) is 8.46. The lowest BCUT2D eigenvalue weighted by Crippen LogP contribution is -2.20. The van der Waals surface area contributed by atoms with Crippen molar-refractivity contribution in [1.82, 2.24) is 10.3 Å². The van der Waals surface area contributed by atoms with Gasteiger partial charge in [0.15, 0.2) is 0 Å². The van der Waals surface area contributed by atoms with Gasteiger partial charge in [0.05, 0.1) is 11.9 Å². The van der Waals surface area contributed by atoms with Gasteiger partial charge in [-0.2, -0.15) is 0 Å². The molecule has 0 aliphatic carbocycles. The van der Waals surface area contributed by atoms with Gasteiger partial charge < -0.3 is 10.1 Å². The van der Waals surface area contributed by atoms with Gasteiger partial charge in [0.1, 0.15) is 11.5 Å². The molecule has 21 heavy (non-hydrogen) atoms. The van der Waals surface area contributed by atoms with E-state index in [9.17, 15) is 0 Å². The summed E-state index contributed by atoms with van der Waals surface area (Å²) in [7, 11) is 0. The lowest BCUT2D eigenvalue weighted by Gasteiger charge is -2.13. The zero-order valence-corrected chi connectivity index (χ0v) is 13.6. The lowest BCUT2D eigenvalue weighted by molar-refractivity contribution is 0.477. The molecule has 0 spiro atoms. The zero-order valence-electron chi connectivity index (χ0n) is 12.8. The fourth-order valence-electron chi connectivity index (χ4n) is 1.95. The number of ether oxygens (including phenoxy) is 1. The summed E-state index contributed by atoms with van der Waals surface area (Å²) < 4.78 is 5.80. The van der Waals surface area contributed by atoms with Gasteiger partial charge in [0.25, 0.3) is 0 Å². The Bertz CT molecular complexity index is 540. The third-order valence-electron chi connectivity index (χ3n) is 3.20. The SMILES string of the molecule is CCCNC(C)c1ccc(Oc2ccc(SC)cc2)cn1. The molecule has 0 amide bonds. The van der Waals surface area contributed by atoms with E-state index in [1.807, 2.05) is 24.3 Å². The summed E-state index contributed by atoms with van der Waals surface area (Å²) in [6, 6.07) is 12.3. The van der Waals surface area contributed by atoms with Crippen LogP contribution in [0, 0.1) is 0 Å². The van der Waals surface area contributed by atoms with Crippen LogP contribution in [0.2, 0.25) is 0 Å². The van der Waals surface area contributed by atoms with E-state index in [0.717, 1.165) is 30.2 Å². The second-order valence-electron chi connectivity index (χ2n) is 4.87. The number of hydrogen-bond acceptors (Lipinski definition) is 4. The Balaban J connectivity index is 1.98. The average Bonchev–Trinajstić information content (AvgIpc) is 2.54. The van der Waals surface area contributed by atoms with E-state index in [4.69, 9.17) is 4.74 Å². The third-order valence-corrected chi connectivity index (χ3v) is 3.94. The molecule has 1 heterocycles. The molecule has 0 aliphatic heterocycles. The average molecular weight is 302 g/mol.